The molecule has 3 aliphatic rings. The second kappa shape index (κ2) is 16.1. The topological polar surface area (TPSA) is 123 Å². The number of nitrogens with one attached hydrogen (secondary N) is 1. The molecule has 1 aromatic heterocycles. The predicted octanol–water partition coefficient (Wildman–Crippen LogP) is 5.11. The molecule has 0 radical (unpaired) electrons. The molecule has 4 heterocycles. The van der Waals surface area contributed by atoms with E-state index in [1.54, 1.807) is 44.0 Å². The van der Waals surface area contributed by atoms with Gasteiger partial charge in [-0.3, -0.25) is 24.6 Å². The van der Waals surface area contributed by atoms with Gasteiger partial charge in [0.2, 0.25) is 5.91 Å². The summed E-state index contributed by atoms with van der Waals surface area (Å²) in [5, 5.41) is 2.65. The van der Waals surface area contributed by atoms with E-state index in [0.717, 1.165) is 91.1 Å². The quantitative estimate of drug-likeness (QED) is 0.305. The van der Waals surface area contributed by atoms with Crippen molar-refractivity contribution in [2.45, 2.75) is 64.6 Å². The van der Waals surface area contributed by atoms with E-state index in [0.29, 0.717) is 29.4 Å². The number of imide groups is 1. The van der Waals surface area contributed by atoms with Crippen molar-refractivity contribution < 1.29 is 28.6 Å². The van der Waals surface area contributed by atoms with Crippen molar-refractivity contribution in [3.05, 3.63) is 74.2 Å². The van der Waals surface area contributed by atoms with Crippen LogP contribution in [0, 0.1) is 13.8 Å². The minimum Gasteiger partial charge on any atom is -0.496 e. The van der Waals surface area contributed by atoms with E-state index in [1.807, 2.05) is 37.1 Å². The number of ether oxygens (including phenoxy) is 3. The van der Waals surface area contributed by atoms with Crippen LogP contribution in [0.3, 0.4) is 0 Å². The Kier molecular flexibility index (Phi) is 11.6. The standard InChI is InChI=1S/C39H48ClN5O7/c1-24-25(2)37(47)42(3)23-31(24)27-21-34(50-4)30(35(22-27)51-5)12-16-43-14-8-28(9-15-43)52-29-10-17-44(18-11-29)38(48)26-6-7-32(40)33(20-26)45-19-13-36(46)41-39(45)49/h6-7,20-23,28-29H,8-19H2,1-5H3,(H,41,46,49). The van der Waals surface area contributed by atoms with Gasteiger partial charge in [-0.05, 0) is 87.4 Å². The zero-order valence-corrected chi connectivity index (χ0v) is 31.4. The van der Waals surface area contributed by atoms with Gasteiger partial charge >= 0.3 is 6.03 Å². The number of aryl methyl sites for hydroxylation is 1. The summed E-state index contributed by atoms with van der Waals surface area (Å²) < 4.78 is 19.9. The molecule has 3 aliphatic heterocycles. The Morgan fingerprint density at radius 1 is 0.885 bits per heavy atom. The molecule has 0 saturated carbocycles. The number of hydrogen-bond donors (Lipinski definition) is 1. The van der Waals surface area contributed by atoms with Crippen LogP contribution < -0.4 is 25.2 Å². The van der Waals surface area contributed by atoms with Gasteiger partial charge in [0, 0.05) is 81.2 Å². The highest BCUT2D eigenvalue weighted by molar-refractivity contribution is 6.34. The van der Waals surface area contributed by atoms with Crippen LogP contribution in [0.2, 0.25) is 5.02 Å². The molecule has 3 aromatic rings. The third-order valence-electron chi connectivity index (χ3n) is 10.7. The second-order valence-corrected chi connectivity index (χ2v) is 14.3. The number of pyridine rings is 1. The maximum absolute atomic E-state index is 13.4. The number of rotatable bonds is 10. The van der Waals surface area contributed by atoms with Crippen LogP contribution in [0.15, 0.2) is 41.3 Å². The predicted molar refractivity (Wildman–Crippen MR) is 200 cm³/mol. The van der Waals surface area contributed by atoms with Gasteiger partial charge in [-0.1, -0.05) is 11.6 Å². The molecule has 0 bridgehead atoms. The van der Waals surface area contributed by atoms with Crippen molar-refractivity contribution >= 4 is 35.1 Å². The van der Waals surface area contributed by atoms with E-state index in [9.17, 15) is 19.2 Å². The molecule has 13 heteroatoms. The number of carbonyl (C=O) groups is 3. The Morgan fingerprint density at radius 2 is 1.52 bits per heavy atom. The first kappa shape index (κ1) is 37.4. The van der Waals surface area contributed by atoms with Gasteiger partial charge in [0.25, 0.3) is 11.5 Å². The largest absolute Gasteiger partial charge is 0.496 e. The molecule has 12 nitrogen and oxygen atoms in total. The van der Waals surface area contributed by atoms with Gasteiger partial charge < -0.3 is 28.6 Å². The maximum Gasteiger partial charge on any atom is 0.328 e. The fraction of sp³-hybridized carbons (Fsp3) is 0.487. The summed E-state index contributed by atoms with van der Waals surface area (Å²) in [4.78, 5) is 55.5. The van der Waals surface area contributed by atoms with E-state index in [-0.39, 0.29) is 42.5 Å². The van der Waals surface area contributed by atoms with E-state index in [1.165, 1.54) is 4.90 Å². The highest BCUT2D eigenvalue weighted by Gasteiger charge is 2.30. The number of likely N-dealkylation sites (tertiary alicyclic amines) is 2. The number of aromatic nitrogens is 1. The van der Waals surface area contributed by atoms with Crippen molar-refractivity contribution in [2.24, 2.45) is 7.05 Å². The average molecular weight is 734 g/mol. The monoisotopic (exact) mass is 733 g/mol. The first-order valence-electron chi connectivity index (χ1n) is 18.0. The SMILES string of the molecule is COc1cc(-c2cn(C)c(=O)c(C)c2C)cc(OC)c1CCN1CCC(OC2CCN(C(=O)c3ccc(Cl)c(N4CCC(=O)NC4=O)c3)CC2)CC1. The highest BCUT2D eigenvalue weighted by Crippen LogP contribution is 2.37. The van der Waals surface area contributed by atoms with Gasteiger partial charge in [0.1, 0.15) is 11.5 Å². The highest BCUT2D eigenvalue weighted by atomic mass is 35.5. The molecule has 0 atom stereocenters. The molecule has 1 N–H and O–H groups in total. The number of anilines is 1. The van der Waals surface area contributed by atoms with Crippen molar-refractivity contribution in [1.29, 1.82) is 0 Å². The molecule has 3 fully saturated rings. The van der Waals surface area contributed by atoms with Crippen molar-refractivity contribution in [1.82, 2.24) is 19.7 Å². The second-order valence-electron chi connectivity index (χ2n) is 13.9. The number of halogens is 1. The van der Waals surface area contributed by atoms with Gasteiger partial charge in [0.15, 0.2) is 0 Å². The molecule has 4 amide bonds. The number of benzene rings is 2. The molecule has 52 heavy (non-hydrogen) atoms. The zero-order chi connectivity index (χ0) is 37.1. The number of amides is 4. The molecule has 0 aliphatic carbocycles. The number of methoxy groups -OCH3 is 2. The van der Waals surface area contributed by atoms with Crippen LogP contribution in [-0.4, -0.2) is 97.9 Å². The van der Waals surface area contributed by atoms with Gasteiger partial charge in [-0.15, -0.1) is 0 Å². The zero-order valence-electron chi connectivity index (χ0n) is 30.6. The van der Waals surface area contributed by atoms with Crippen molar-refractivity contribution in [2.75, 3.05) is 58.4 Å². The van der Waals surface area contributed by atoms with Gasteiger partial charge in [-0.2, -0.15) is 0 Å². The van der Waals surface area contributed by atoms with Crippen LogP contribution in [0.5, 0.6) is 11.5 Å². The molecule has 0 spiro atoms. The van der Waals surface area contributed by atoms with Crippen LogP contribution >= 0.6 is 11.6 Å². The summed E-state index contributed by atoms with van der Waals surface area (Å²) in [7, 11) is 5.13. The summed E-state index contributed by atoms with van der Waals surface area (Å²) in [5.41, 5.74) is 5.50. The fourth-order valence-corrected chi connectivity index (χ4v) is 7.71. The molecule has 278 valence electrons. The minimum absolute atomic E-state index is 0.00138. The van der Waals surface area contributed by atoms with Crippen LogP contribution in [0.4, 0.5) is 10.5 Å². The fourth-order valence-electron chi connectivity index (χ4n) is 7.49. The summed E-state index contributed by atoms with van der Waals surface area (Å²) in [5.74, 6) is 1.10. The number of carbonyl (C=O) groups excluding carboxylic acids is 3. The van der Waals surface area contributed by atoms with Crippen LogP contribution in [0.25, 0.3) is 11.1 Å². The summed E-state index contributed by atoms with van der Waals surface area (Å²) in [6.45, 7) is 7.95. The molecule has 6 rings (SSSR count). The third kappa shape index (κ3) is 7.99. The van der Waals surface area contributed by atoms with Crippen molar-refractivity contribution in [3.8, 4) is 22.6 Å². The smallest absolute Gasteiger partial charge is 0.328 e. The summed E-state index contributed by atoms with van der Waals surface area (Å²) in [6.07, 6.45) is 6.51. The summed E-state index contributed by atoms with van der Waals surface area (Å²) in [6, 6.07) is 8.47. The molecule has 3 saturated heterocycles. The lowest BCUT2D eigenvalue weighted by molar-refractivity contribution is -0.120. The van der Waals surface area contributed by atoms with Gasteiger partial charge in [0.05, 0.1) is 37.1 Å². The summed E-state index contributed by atoms with van der Waals surface area (Å²) >= 11 is 6.38. The average Bonchev–Trinajstić information content (AvgIpc) is 3.15. The Hall–Kier alpha value is -4.39. The lowest BCUT2D eigenvalue weighted by Gasteiger charge is -2.37. The lowest BCUT2D eigenvalue weighted by Crippen LogP contribution is -2.49. The molecular weight excluding hydrogens is 686 g/mol. The maximum atomic E-state index is 13.4. The third-order valence-corrected chi connectivity index (χ3v) is 11.0. The molecule has 0 unspecified atom stereocenters. The number of nitrogens with zero attached hydrogens (tertiary/aromatic N) is 4. The minimum atomic E-state index is -0.539. The molecule has 2 aromatic carbocycles. The van der Waals surface area contributed by atoms with E-state index in [4.69, 9.17) is 25.8 Å². The van der Waals surface area contributed by atoms with E-state index in [2.05, 4.69) is 10.2 Å². The normalized spacial score (nSPS) is 17.7. The van der Waals surface area contributed by atoms with E-state index < -0.39 is 6.03 Å². The van der Waals surface area contributed by atoms with E-state index >= 15 is 0 Å². The molecular formula is C39H48ClN5O7. The van der Waals surface area contributed by atoms with Crippen molar-refractivity contribution in [3.63, 3.8) is 0 Å². The van der Waals surface area contributed by atoms with Crippen LogP contribution in [0.1, 0.15) is 59.2 Å². The first-order chi connectivity index (χ1) is 25.0. The Balaban J connectivity index is 0.989. The Bertz CT molecular complexity index is 1870. The Morgan fingerprint density at radius 3 is 2.13 bits per heavy atom. The number of hydrogen-bond acceptors (Lipinski definition) is 8. The Labute approximate surface area is 309 Å². The lowest BCUT2D eigenvalue weighted by atomic mass is 9.96. The number of piperidine rings is 2. The first-order valence-corrected chi connectivity index (χ1v) is 18.3. The van der Waals surface area contributed by atoms with Crippen LogP contribution in [-0.2, 0) is 23.0 Å². The number of urea groups is 1. The van der Waals surface area contributed by atoms with Gasteiger partial charge in [-0.25, -0.2) is 4.79 Å².